The molecule has 0 atom stereocenters. The lowest BCUT2D eigenvalue weighted by molar-refractivity contribution is 0.105. The Bertz CT molecular complexity index is 572. The molecule has 1 aromatic carbocycles. The summed E-state index contributed by atoms with van der Waals surface area (Å²) < 4.78 is 10.6. The molecule has 0 aliphatic heterocycles. The van der Waals surface area contributed by atoms with E-state index < -0.39 is 0 Å². The smallest absolute Gasteiger partial charge is 0.188 e. The predicted octanol–water partition coefficient (Wildman–Crippen LogP) is 3.94. The zero-order valence-corrected chi connectivity index (χ0v) is 18.1. The van der Waals surface area contributed by atoms with Gasteiger partial charge < -0.3 is 20.5 Å². The minimum Gasteiger partial charge on any atom is -0.493 e. The summed E-state index contributed by atoms with van der Waals surface area (Å²) in [5, 5.41) is 3.32. The van der Waals surface area contributed by atoms with E-state index in [1.807, 2.05) is 18.2 Å². The molecular formula is C19H32IN3O2. The van der Waals surface area contributed by atoms with Gasteiger partial charge in [-0.2, -0.15) is 0 Å². The molecule has 1 aliphatic carbocycles. The van der Waals surface area contributed by atoms with Crippen LogP contribution >= 0.6 is 24.0 Å². The molecule has 1 aliphatic rings. The molecule has 142 valence electrons. The molecule has 0 saturated heterocycles. The van der Waals surface area contributed by atoms with Crippen LogP contribution in [0.2, 0.25) is 0 Å². The van der Waals surface area contributed by atoms with Gasteiger partial charge in [-0.1, -0.05) is 26.3 Å². The van der Waals surface area contributed by atoms with Gasteiger partial charge >= 0.3 is 0 Å². The summed E-state index contributed by atoms with van der Waals surface area (Å²) in [7, 11) is 3.26. The summed E-state index contributed by atoms with van der Waals surface area (Å²) in [6.07, 6.45) is 5.17. The van der Waals surface area contributed by atoms with Gasteiger partial charge in [0.25, 0.3) is 0 Å². The highest BCUT2D eigenvalue weighted by Crippen LogP contribution is 2.45. The van der Waals surface area contributed by atoms with Gasteiger partial charge in [0.05, 0.1) is 20.8 Å². The zero-order valence-electron chi connectivity index (χ0n) is 15.8. The van der Waals surface area contributed by atoms with E-state index in [-0.39, 0.29) is 24.0 Å². The topological polar surface area (TPSA) is 68.9 Å². The standard InChI is InChI=1S/C19H31N3O2.HI/c1-14(2)11-19(8-5-9-19)13-22-18(20)21-12-15-6-7-16(23-3)17(10-15)24-4;/h6-7,10,14H,5,8-9,11-13H2,1-4H3,(H3,20,21,22);1H. The lowest BCUT2D eigenvalue weighted by Gasteiger charge is -2.43. The fraction of sp³-hybridized carbons (Fsp3) is 0.632. The Morgan fingerprint density at radius 1 is 1.24 bits per heavy atom. The summed E-state index contributed by atoms with van der Waals surface area (Å²) in [6.45, 7) is 6.02. The highest BCUT2D eigenvalue weighted by Gasteiger charge is 2.37. The van der Waals surface area contributed by atoms with Gasteiger partial charge in [0.1, 0.15) is 0 Å². The van der Waals surface area contributed by atoms with Gasteiger partial charge in [-0.15, -0.1) is 24.0 Å². The Morgan fingerprint density at radius 2 is 1.92 bits per heavy atom. The van der Waals surface area contributed by atoms with Crippen LogP contribution in [0.5, 0.6) is 11.5 Å². The summed E-state index contributed by atoms with van der Waals surface area (Å²) in [4.78, 5) is 4.45. The van der Waals surface area contributed by atoms with Gasteiger partial charge in [-0.3, -0.25) is 0 Å². The predicted molar refractivity (Wildman–Crippen MR) is 114 cm³/mol. The first-order valence-electron chi connectivity index (χ1n) is 8.73. The second-order valence-electron chi connectivity index (χ2n) is 7.20. The van der Waals surface area contributed by atoms with Crippen LogP contribution in [-0.4, -0.2) is 26.7 Å². The van der Waals surface area contributed by atoms with Crippen molar-refractivity contribution in [3.05, 3.63) is 23.8 Å². The van der Waals surface area contributed by atoms with Crippen LogP contribution in [0.4, 0.5) is 0 Å². The Hall–Kier alpha value is -1.18. The molecule has 1 saturated carbocycles. The first-order chi connectivity index (χ1) is 11.5. The van der Waals surface area contributed by atoms with Crippen molar-refractivity contribution >= 4 is 29.9 Å². The highest BCUT2D eigenvalue weighted by molar-refractivity contribution is 14.0. The number of rotatable bonds is 8. The highest BCUT2D eigenvalue weighted by atomic mass is 127. The zero-order chi connectivity index (χ0) is 17.6. The number of ether oxygens (including phenoxy) is 2. The van der Waals surface area contributed by atoms with Crippen molar-refractivity contribution < 1.29 is 9.47 Å². The van der Waals surface area contributed by atoms with Crippen LogP contribution in [0, 0.1) is 11.3 Å². The number of benzene rings is 1. The quantitative estimate of drug-likeness (QED) is 0.350. The Kier molecular flexibility index (Phi) is 8.82. The number of nitrogens with one attached hydrogen (secondary N) is 1. The van der Waals surface area contributed by atoms with Crippen molar-refractivity contribution in [2.45, 2.75) is 46.1 Å². The minimum atomic E-state index is 0. The number of aliphatic imine (C=N–C) groups is 1. The van der Waals surface area contributed by atoms with Crippen LogP contribution in [0.15, 0.2) is 23.2 Å². The molecule has 5 nitrogen and oxygen atoms in total. The maximum Gasteiger partial charge on any atom is 0.188 e. The maximum atomic E-state index is 6.05. The normalized spacial score (nSPS) is 16.0. The van der Waals surface area contributed by atoms with E-state index in [4.69, 9.17) is 15.2 Å². The molecule has 0 aromatic heterocycles. The molecule has 0 heterocycles. The van der Waals surface area contributed by atoms with Gasteiger partial charge in [0, 0.05) is 6.54 Å². The van der Waals surface area contributed by atoms with Crippen LogP contribution in [0.3, 0.4) is 0 Å². The Balaban J connectivity index is 0.00000312. The van der Waals surface area contributed by atoms with E-state index in [1.54, 1.807) is 14.2 Å². The molecule has 0 bridgehead atoms. The summed E-state index contributed by atoms with van der Waals surface area (Å²) in [5.74, 6) is 2.66. The largest absolute Gasteiger partial charge is 0.493 e. The average Bonchev–Trinajstić information content (AvgIpc) is 2.54. The average molecular weight is 461 g/mol. The molecule has 0 amide bonds. The van der Waals surface area contributed by atoms with Crippen molar-refractivity contribution in [1.29, 1.82) is 0 Å². The fourth-order valence-corrected chi connectivity index (χ4v) is 3.49. The molecule has 1 fully saturated rings. The second-order valence-corrected chi connectivity index (χ2v) is 7.20. The molecule has 25 heavy (non-hydrogen) atoms. The first kappa shape index (κ1) is 21.9. The molecule has 0 unspecified atom stereocenters. The molecule has 3 N–H and O–H groups in total. The number of nitrogens with zero attached hydrogens (tertiary/aromatic N) is 1. The number of hydrogen-bond donors (Lipinski definition) is 2. The molecule has 2 rings (SSSR count). The van der Waals surface area contributed by atoms with E-state index in [9.17, 15) is 0 Å². The molecule has 0 radical (unpaired) electrons. The van der Waals surface area contributed by atoms with Gasteiger partial charge in [0.15, 0.2) is 17.5 Å². The van der Waals surface area contributed by atoms with E-state index in [2.05, 4.69) is 24.2 Å². The van der Waals surface area contributed by atoms with Crippen LogP contribution in [0.1, 0.15) is 45.1 Å². The van der Waals surface area contributed by atoms with E-state index in [0.29, 0.717) is 23.7 Å². The van der Waals surface area contributed by atoms with Crippen molar-refractivity contribution in [3.8, 4) is 11.5 Å². The molecule has 1 aromatic rings. The third kappa shape index (κ3) is 6.24. The van der Waals surface area contributed by atoms with E-state index in [0.717, 1.165) is 23.8 Å². The van der Waals surface area contributed by atoms with Gasteiger partial charge in [-0.25, -0.2) is 4.99 Å². The Labute approximate surface area is 168 Å². The number of halogens is 1. The number of methoxy groups -OCH3 is 2. The lowest BCUT2D eigenvalue weighted by atomic mass is 9.64. The molecular weight excluding hydrogens is 429 g/mol. The summed E-state index contributed by atoms with van der Waals surface area (Å²) in [6, 6.07) is 5.80. The van der Waals surface area contributed by atoms with Gasteiger partial charge in [0.2, 0.25) is 0 Å². The Morgan fingerprint density at radius 3 is 2.44 bits per heavy atom. The van der Waals surface area contributed by atoms with E-state index in [1.165, 1.54) is 25.7 Å². The van der Waals surface area contributed by atoms with Crippen LogP contribution in [0.25, 0.3) is 0 Å². The second kappa shape index (κ2) is 10.1. The maximum absolute atomic E-state index is 6.05. The third-order valence-corrected chi connectivity index (χ3v) is 4.78. The molecule has 6 heteroatoms. The minimum absolute atomic E-state index is 0. The summed E-state index contributed by atoms with van der Waals surface area (Å²) in [5.41, 5.74) is 7.50. The third-order valence-electron chi connectivity index (χ3n) is 4.78. The van der Waals surface area contributed by atoms with E-state index >= 15 is 0 Å². The number of guanidine groups is 1. The van der Waals surface area contributed by atoms with Crippen molar-refractivity contribution in [2.24, 2.45) is 22.1 Å². The van der Waals surface area contributed by atoms with Crippen molar-refractivity contribution in [3.63, 3.8) is 0 Å². The van der Waals surface area contributed by atoms with Gasteiger partial charge in [-0.05, 0) is 48.3 Å². The van der Waals surface area contributed by atoms with Crippen molar-refractivity contribution in [2.75, 3.05) is 20.8 Å². The number of hydrogen-bond acceptors (Lipinski definition) is 3. The SMILES string of the molecule is COc1ccc(CN=C(N)NCC2(CC(C)C)CCC2)cc1OC.I. The monoisotopic (exact) mass is 461 g/mol. The van der Waals surface area contributed by atoms with Crippen molar-refractivity contribution in [1.82, 2.24) is 5.32 Å². The summed E-state index contributed by atoms with van der Waals surface area (Å²) >= 11 is 0. The van der Waals surface area contributed by atoms with Crippen LogP contribution in [-0.2, 0) is 6.54 Å². The number of nitrogens with two attached hydrogens (primary N) is 1. The lowest BCUT2D eigenvalue weighted by Crippen LogP contribution is -2.45. The fourth-order valence-electron chi connectivity index (χ4n) is 3.49. The van der Waals surface area contributed by atoms with Crippen LogP contribution < -0.4 is 20.5 Å². The first-order valence-corrected chi connectivity index (χ1v) is 8.73. The molecule has 0 spiro atoms.